The number of anilines is 1. The van der Waals surface area contributed by atoms with E-state index in [4.69, 9.17) is 37.9 Å². The molecule has 4 aliphatic rings. The molecule has 2 fully saturated rings. The second-order valence-electron chi connectivity index (χ2n) is 20.3. The third-order valence-corrected chi connectivity index (χ3v) is 15.4. The number of hydrogen-bond acceptors (Lipinski definition) is 18. The van der Waals surface area contributed by atoms with Crippen molar-refractivity contribution in [1.29, 1.82) is 0 Å². The minimum atomic E-state index is -0.409. The predicted molar refractivity (Wildman–Crippen MR) is 303 cm³/mol. The van der Waals surface area contributed by atoms with Crippen LogP contribution in [0.2, 0.25) is 0 Å². The molecule has 1 N–H and O–H groups in total. The van der Waals surface area contributed by atoms with Gasteiger partial charge in [0.1, 0.15) is 29.1 Å². The zero-order valence-corrected chi connectivity index (χ0v) is 46.5. The molecule has 3 aromatic rings. The van der Waals surface area contributed by atoms with Crippen molar-refractivity contribution in [3.8, 4) is 17.2 Å². The van der Waals surface area contributed by atoms with E-state index in [1.165, 1.54) is 11.3 Å². The molecule has 0 bridgehead atoms. The van der Waals surface area contributed by atoms with E-state index in [1.807, 2.05) is 24.3 Å². The van der Waals surface area contributed by atoms with Crippen LogP contribution in [0, 0.1) is 23.7 Å². The van der Waals surface area contributed by atoms with Gasteiger partial charge in [-0.3, -0.25) is 24.6 Å². The van der Waals surface area contributed by atoms with Crippen LogP contribution in [0.1, 0.15) is 137 Å². The standard InChI is InChI=1S/C62H75N3O14S/c1-3-56(66)74-38-13-7-5-11-36-72-49-27-31-51(32-28-49)77-59(69)45-19-17-44(18-20-45)58(68)76-40-35-43-25-26-53(41-48(43)42-63-65-62-64-54-15-9-10-16-55(54)80-62)79-61(71)47-23-21-46(22-24-47)60(70)78-52-33-29-50(30-34-52)73-37-12-6-8-14-39-75-57(67)4-2/h3-4,10,16,25-33,41-42,44-47,52H,1-2,5-9,11-15,17-24,34-40H2,(H,64,65)/b63-42+/t44-,45+,46-,47+,52?. The van der Waals surface area contributed by atoms with Crippen molar-refractivity contribution in [2.75, 3.05) is 38.5 Å². The maximum atomic E-state index is 13.6. The van der Waals surface area contributed by atoms with E-state index in [0.29, 0.717) is 119 Å². The van der Waals surface area contributed by atoms with Crippen LogP contribution < -0.4 is 19.6 Å². The molecule has 428 valence electrons. The maximum absolute atomic E-state index is 13.6. The molecular weight excluding hydrogens is 1040 g/mol. The van der Waals surface area contributed by atoms with Gasteiger partial charge in [0.05, 0.1) is 73.5 Å². The van der Waals surface area contributed by atoms with Crippen molar-refractivity contribution >= 4 is 64.6 Å². The largest absolute Gasteiger partial charge is 0.494 e. The average molecular weight is 1120 g/mol. The average Bonchev–Trinajstić information content (AvgIpc) is 3.92. The summed E-state index contributed by atoms with van der Waals surface area (Å²) in [5, 5.41) is 5.16. The van der Waals surface area contributed by atoms with E-state index in [-0.39, 0.29) is 60.3 Å². The van der Waals surface area contributed by atoms with Gasteiger partial charge in [0.15, 0.2) is 0 Å². The molecule has 18 heteroatoms. The van der Waals surface area contributed by atoms with Gasteiger partial charge in [-0.2, -0.15) is 5.10 Å². The number of fused-ring (bicyclic) bond motifs is 1. The maximum Gasteiger partial charge on any atom is 0.330 e. The molecule has 1 aromatic heterocycles. The smallest absolute Gasteiger partial charge is 0.330 e. The molecule has 0 saturated heterocycles. The molecule has 0 amide bonds. The Balaban J connectivity index is 0.816. The van der Waals surface area contributed by atoms with Gasteiger partial charge < -0.3 is 37.9 Å². The Hall–Kier alpha value is -7.34. The predicted octanol–water partition coefficient (Wildman–Crippen LogP) is 11.5. The van der Waals surface area contributed by atoms with E-state index in [0.717, 1.165) is 98.3 Å². The quantitative estimate of drug-likeness (QED) is 0.0121. The van der Waals surface area contributed by atoms with Crippen molar-refractivity contribution in [3.05, 3.63) is 120 Å². The lowest BCUT2D eigenvalue weighted by molar-refractivity contribution is -0.155. The highest BCUT2D eigenvalue weighted by atomic mass is 32.1. The Morgan fingerprint density at radius 2 is 1.19 bits per heavy atom. The van der Waals surface area contributed by atoms with E-state index in [9.17, 15) is 28.8 Å². The highest BCUT2D eigenvalue weighted by Gasteiger charge is 2.34. The Kier molecular flexibility index (Phi) is 24.6. The van der Waals surface area contributed by atoms with E-state index in [2.05, 4.69) is 40.8 Å². The van der Waals surface area contributed by atoms with Gasteiger partial charge in [0, 0.05) is 30.6 Å². The second-order valence-corrected chi connectivity index (χ2v) is 21.3. The Morgan fingerprint density at radius 1 is 0.625 bits per heavy atom. The lowest BCUT2D eigenvalue weighted by Crippen LogP contribution is -2.31. The van der Waals surface area contributed by atoms with Gasteiger partial charge in [-0.05, 0) is 182 Å². The fourth-order valence-corrected chi connectivity index (χ4v) is 10.7. The summed E-state index contributed by atoms with van der Waals surface area (Å²) in [4.78, 5) is 81.2. The van der Waals surface area contributed by atoms with Crippen LogP contribution in [0.4, 0.5) is 5.13 Å². The first kappa shape index (κ1) is 60.3. The summed E-state index contributed by atoms with van der Waals surface area (Å²) in [5.41, 5.74) is 5.58. The number of ether oxygens (including phenoxy) is 8. The molecule has 1 unspecified atom stereocenters. The van der Waals surface area contributed by atoms with Crippen molar-refractivity contribution < 1.29 is 66.7 Å². The molecule has 0 aliphatic heterocycles. The van der Waals surface area contributed by atoms with Crippen LogP contribution in [0.15, 0.2) is 103 Å². The monoisotopic (exact) mass is 1120 g/mol. The highest BCUT2D eigenvalue weighted by molar-refractivity contribution is 7.16. The Labute approximate surface area is 472 Å². The van der Waals surface area contributed by atoms with Gasteiger partial charge >= 0.3 is 35.8 Å². The van der Waals surface area contributed by atoms with Gasteiger partial charge in [-0.15, -0.1) is 0 Å². The number of nitrogens with zero attached hydrogens (tertiary/aromatic N) is 2. The van der Waals surface area contributed by atoms with Crippen LogP contribution in [-0.4, -0.2) is 86.2 Å². The first-order valence-corrected chi connectivity index (χ1v) is 29.1. The number of hydrazone groups is 1. The number of aryl methyl sites for hydroxylation is 1. The van der Waals surface area contributed by atoms with Gasteiger partial charge in [0.25, 0.3) is 0 Å². The highest BCUT2D eigenvalue weighted by Crippen LogP contribution is 2.34. The topological polar surface area (TPSA) is 214 Å². The van der Waals surface area contributed by atoms with Gasteiger partial charge in [-0.25, -0.2) is 14.6 Å². The Morgan fingerprint density at radius 3 is 1.79 bits per heavy atom. The lowest BCUT2D eigenvalue weighted by Gasteiger charge is -2.27. The molecule has 0 spiro atoms. The number of unbranched alkanes of at least 4 members (excludes halogenated alkanes) is 6. The number of carbonyl (C=O) groups is 6. The van der Waals surface area contributed by atoms with Crippen LogP contribution in [0.25, 0.3) is 6.08 Å². The minimum absolute atomic E-state index is 0.116. The van der Waals surface area contributed by atoms with Crippen LogP contribution in [0.3, 0.4) is 0 Å². The van der Waals surface area contributed by atoms with Crippen LogP contribution in [-0.2, 0) is 65.3 Å². The molecule has 1 heterocycles. The van der Waals surface area contributed by atoms with Crippen LogP contribution in [0.5, 0.6) is 17.2 Å². The number of esters is 6. The fraction of sp³-hybridized carbons (Fsp3) is 0.484. The summed E-state index contributed by atoms with van der Waals surface area (Å²) < 4.78 is 45.0. The number of benzene rings is 2. The van der Waals surface area contributed by atoms with Gasteiger partial charge in [0.2, 0.25) is 5.13 Å². The van der Waals surface area contributed by atoms with Gasteiger partial charge in [-0.1, -0.05) is 36.6 Å². The molecule has 0 radical (unpaired) electrons. The zero-order chi connectivity index (χ0) is 56.3. The Bertz CT molecular complexity index is 2690. The zero-order valence-electron chi connectivity index (χ0n) is 45.7. The van der Waals surface area contributed by atoms with E-state index < -0.39 is 11.9 Å². The molecule has 1 atom stereocenters. The molecular formula is C62H75N3O14S. The van der Waals surface area contributed by atoms with Crippen molar-refractivity contribution in [2.24, 2.45) is 28.8 Å². The summed E-state index contributed by atoms with van der Waals surface area (Å²) >= 11 is 1.52. The summed E-state index contributed by atoms with van der Waals surface area (Å²) in [6, 6.07) is 12.3. The third-order valence-electron chi connectivity index (χ3n) is 14.4. The van der Waals surface area contributed by atoms with E-state index >= 15 is 0 Å². The normalized spacial score (nSPS) is 19.4. The molecule has 17 nitrogen and oxygen atoms in total. The molecule has 7 rings (SSSR count). The molecule has 2 aromatic carbocycles. The van der Waals surface area contributed by atoms with Crippen LogP contribution >= 0.6 is 11.3 Å². The number of nitrogens with one attached hydrogen (secondary N) is 1. The van der Waals surface area contributed by atoms with Crippen molar-refractivity contribution in [3.63, 3.8) is 0 Å². The summed E-state index contributed by atoms with van der Waals surface area (Å²) in [5.74, 6) is -1.22. The number of allylic oxidation sites excluding steroid dienone is 2. The van der Waals surface area contributed by atoms with Crippen molar-refractivity contribution in [1.82, 2.24) is 4.98 Å². The summed E-state index contributed by atoms with van der Waals surface area (Å²) in [6.45, 7) is 8.77. The minimum Gasteiger partial charge on any atom is -0.494 e. The summed E-state index contributed by atoms with van der Waals surface area (Å²) in [6.07, 6.45) is 27.2. The lowest BCUT2D eigenvalue weighted by atomic mass is 9.82. The molecule has 4 aliphatic carbocycles. The molecule has 80 heavy (non-hydrogen) atoms. The first-order chi connectivity index (χ1) is 39.0. The fourth-order valence-electron chi connectivity index (χ4n) is 9.76. The van der Waals surface area contributed by atoms with E-state index in [1.54, 1.807) is 42.6 Å². The number of thiazole rings is 1. The second kappa shape index (κ2) is 32.7. The van der Waals surface area contributed by atoms with Crippen molar-refractivity contribution in [2.45, 2.75) is 135 Å². The number of aromatic nitrogens is 1. The summed E-state index contributed by atoms with van der Waals surface area (Å²) in [7, 11) is 0. The third kappa shape index (κ3) is 20.1. The molecule has 2 saturated carbocycles. The number of hydrogen-bond donors (Lipinski definition) is 1. The number of carbonyl (C=O) groups excluding carboxylic acids is 6. The first-order valence-electron chi connectivity index (χ1n) is 28.2. The SMILES string of the molecule is C=CC(=O)OCCCCCCOC1=CCC(OC(=O)[C@H]2CC[C@@H](C(=O)Oc3ccc(CCOC(=O)[C@H]4CC[C@@H](C(=O)Oc5ccc(OCCCCCCOC(=O)C=C)cc5)CC4)c(/C=N/Nc4nc5c(s4)C=CCC5)c3)CC2)C=C1. The number of rotatable bonds is 31.